The number of thiazole rings is 1. The molecule has 3 nitrogen and oxygen atoms in total. The van der Waals surface area contributed by atoms with Crippen molar-refractivity contribution >= 4 is 11.3 Å². The average molecular weight is 245 g/mol. The summed E-state index contributed by atoms with van der Waals surface area (Å²) in [6.45, 7) is 0. The quantitative estimate of drug-likeness (QED) is 0.884. The lowest BCUT2D eigenvalue weighted by Crippen LogP contribution is -2.16. The van der Waals surface area contributed by atoms with Gasteiger partial charge in [0.15, 0.2) is 0 Å². The van der Waals surface area contributed by atoms with E-state index < -0.39 is 0 Å². The first kappa shape index (κ1) is 10.9. The fourth-order valence-corrected chi connectivity index (χ4v) is 3.47. The van der Waals surface area contributed by atoms with E-state index in [1.165, 1.54) is 21.9 Å². The van der Waals surface area contributed by atoms with Crippen LogP contribution in [0.1, 0.15) is 40.0 Å². The molecule has 1 aliphatic rings. The second-order valence-electron chi connectivity index (χ2n) is 4.45. The van der Waals surface area contributed by atoms with Gasteiger partial charge in [-0.2, -0.15) is 0 Å². The summed E-state index contributed by atoms with van der Waals surface area (Å²) >= 11 is 1.82. The number of hydrogen-bond acceptors (Lipinski definition) is 4. The molecule has 0 fully saturated rings. The lowest BCUT2D eigenvalue weighted by atomic mass is 9.99. The van der Waals surface area contributed by atoms with Gasteiger partial charge >= 0.3 is 0 Å². The average Bonchev–Trinajstić information content (AvgIpc) is 2.74. The molecule has 4 heteroatoms. The van der Waals surface area contributed by atoms with E-state index in [1.54, 1.807) is 0 Å². The van der Waals surface area contributed by atoms with Gasteiger partial charge in [-0.25, -0.2) is 4.98 Å². The summed E-state index contributed by atoms with van der Waals surface area (Å²) < 4.78 is 0. The van der Waals surface area contributed by atoms with Crippen molar-refractivity contribution in [3.63, 3.8) is 0 Å². The van der Waals surface area contributed by atoms with Crippen LogP contribution in [0, 0.1) is 0 Å². The fraction of sp³-hybridized carbons (Fsp3) is 0.385. The SMILES string of the molecule is NC1CCCc2sc(Cc3ccncc3)nc21. The van der Waals surface area contributed by atoms with Crippen LogP contribution in [0.25, 0.3) is 0 Å². The van der Waals surface area contributed by atoms with Crippen molar-refractivity contribution in [3.8, 4) is 0 Å². The zero-order chi connectivity index (χ0) is 11.7. The molecule has 0 saturated carbocycles. The predicted octanol–water partition coefficient (Wildman–Crippen LogP) is 2.47. The highest BCUT2D eigenvalue weighted by Crippen LogP contribution is 2.32. The maximum atomic E-state index is 6.09. The molecule has 0 spiro atoms. The maximum absolute atomic E-state index is 6.09. The molecule has 2 heterocycles. The molecule has 1 atom stereocenters. The minimum absolute atomic E-state index is 0.154. The van der Waals surface area contributed by atoms with E-state index in [1.807, 2.05) is 35.9 Å². The third-order valence-electron chi connectivity index (χ3n) is 3.15. The maximum Gasteiger partial charge on any atom is 0.0975 e. The number of nitrogens with zero attached hydrogens (tertiary/aromatic N) is 2. The van der Waals surface area contributed by atoms with Gasteiger partial charge in [0, 0.05) is 29.7 Å². The second kappa shape index (κ2) is 4.55. The van der Waals surface area contributed by atoms with Gasteiger partial charge in [0.25, 0.3) is 0 Å². The molecule has 2 aromatic heterocycles. The van der Waals surface area contributed by atoms with Crippen LogP contribution in [0.2, 0.25) is 0 Å². The lowest BCUT2D eigenvalue weighted by Gasteiger charge is -2.15. The number of fused-ring (bicyclic) bond motifs is 1. The molecular formula is C13H15N3S. The van der Waals surface area contributed by atoms with Gasteiger partial charge in [-0.3, -0.25) is 4.98 Å². The molecule has 2 aromatic rings. The molecule has 0 aliphatic heterocycles. The molecule has 88 valence electrons. The van der Waals surface area contributed by atoms with Gasteiger partial charge < -0.3 is 5.73 Å². The Kier molecular flexibility index (Phi) is 2.91. The van der Waals surface area contributed by atoms with Gasteiger partial charge in [0.1, 0.15) is 0 Å². The van der Waals surface area contributed by atoms with Gasteiger partial charge in [0.2, 0.25) is 0 Å². The molecule has 2 N–H and O–H groups in total. The van der Waals surface area contributed by atoms with Crippen LogP contribution >= 0.6 is 11.3 Å². The standard InChI is InChI=1S/C13H15N3S/c14-10-2-1-3-11-13(10)16-12(17-11)8-9-4-6-15-7-5-9/h4-7,10H,1-3,8,14H2. The highest BCUT2D eigenvalue weighted by atomic mass is 32.1. The highest BCUT2D eigenvalue weighted by molar-refractivity contribution is 7.11. The Morgan fingerprint density at radius 2 is 2.18 bits per heavy atom. The monoisotopic (exact) mass is 245 g/mol. The Balaban J connectivity index is 1.85. The van der Waals surface area contributed by atoms with Crippen molar-refractivity contribution in [1.29, 1.82) is 0 Å². The van der Waals surface area contributed by atoms with Crippen LogP contribution in [0.4, 0.5) is 0 Å². The number of aromatic nitrogens is 2. The highest BCUT2D eigenvalue weighted by Gasteiger charge is 2.21. The van der Waals surface area contributed by atoms with E-state index in [2.05, 4.69) is 4.98 Å². The largest absolute Gasteiger partial charge is 0.323 e. The second-order valence-corrected chi connectivity index (χ2v) is 5.62. The van der Waals surface area contributed by atoms with E-state index in [0.717, 1.165) is 25.0 Å². The Hall–Kier alpha value is -1.26. The summed E-state index contributed by atoms with van der Waals surface area (Å²) in [5.74, 6) is 0. The zero-order valence-electron chi connectivity index (χ0n) is 9.60. The fourth-order valence-electron chi connectivity index (χ4n) is 2.25. The van der Waals surface area contributed by atoms with Gasteiger partial charge in [-0.1, -0.05) is 0 Å². The molecule has 0 bridgehead atoms. The minimum atomic E-state index is 0.154. The molecular weight excluding hydrogens is 230 g/mol. The first-order valence-electron chi connectivity index (χ1n) is 5.96. The van der Waals surface area contributed by atoms with Crippen molar-refractivity contribution < 1.29 is 0 Å². The lowest BCUT2D eigenvalue weighted by molar-refractivity contribution is 0.562. The molecule has 0 amide bonds. The minimum Gasteiger partial charge on any atom is -0.323 e. The van der Waals surface area contributed by atoms with Gasteiger partial charge in [-0.15, -0.1) is 11.3 Å². The zero-order valence-corrected chi connectivity index (χ0v) is 10.4. The Bertz CT molecular complexity index is 507. The summed E-state index contributed by atoms with van der Waals surface area (Å²) in [6, 6.07) is 4.24. The van der Waals surface area contributed by atoms with Crippen molar-refractivity contribution in [2.24, 2.45) is 5.73 Å². The number of aryl methyl sites for hydroxylation is 1. The van der Waals surface area contributed by atoms with E-state index in [0.29, 0.717) is 0 Å². The molecule has 0 radical (unpaired) electrons. The van der Waals surface area contributed by atoms with Crippen LogP contribution in [0.3, 0.4) is 0 Å². The summed E-state index contributed by atoms with van der Waals surface area (Å²) in [4.78, 5) is 10.1. The van der Waals surface area contributed by atoms with Crippen molar-refractivity contribution in [2.75, 3.05) is 0 Å². The van der Waals surface area contributed by atoms with Gasteiger partial charge in [-0.05, 0) is 37.0 Å². The molecule has 1 aliphatic carbocycles. The first-order chi connectivity index (χ1) is 8.33. The van der Waals surface area contributed by atoms with Crippen molar-refractivity contribution in [1.82, 2.24) is 9.97 Å². The van der Waals surface area contributed by atoms with Crippen molar-refractivity contribution in [2.45, 2.75) is 31.7 Å². The predicted molar refractivity (Wildman–Crippen MR) is 69.0 cm³/mol. The third-order valence-corrected chi connectivity index (χ3v) is 4.28. The van der Waals surface area contributed by atoms with Gasteiger partial charge in [0.05, 0.1) is 10.7 Å². The van der Waals surface area contributed by atoms with Crippen LogP contribution in [-0.4, -0.2) is 9.97 Å². The first-order valence-corrected chi connectivity index (χ1v) is 6.77. The third kappa shape index (κ3) is 2.23. The number of nitrogens with two attached hydrogens (primary N) is 1. The molecule has 1 unspecified atom stereocenters. The smallest absolute Gasteiger partial charge is 0.0975 e. The molecule has 0 aromatic carbocycles. The number of hydrogen-bond donors (Lipinski definition) is 1. The van der Waals surface area contributed by atoms with Crippen LogP contribution < -0.4 is 5.73 Å². The van der Waals surface area contributed by atoms with Crippen LogP contribution in [0.15, 0.2) is 24.5 Å². The molecule has 3 rings (SSSR count). The number of rotatable bonds is 2. The normalized spacial score (nSPS) is 19.0. The Morgan fingerprint density at radius 3 is 2.94 bits per heavy atom. The number of pyridine rings is 1. The summed E-state index contributed by atoms with van der Waals surface area (Å²) in [6.07, 6.45) is 7.98. The molecule has 0 saturated heterocycles. The van der Waals surface area contributed by atoms with E-state index >= 15 is 0 Å². The van der Waals surface area contributed by atoms with Crippen molar-refractivity contribution in [3.05, 3.63) is 45.7 Å². The molecule has 17 heavy (non-hydrogen) atoms. The van der Waals surface area contributed by atoms with E-state index in [9.17, 15) is 0 Å². The summed E-state index contributed by atoms with van der Waals surface area (Å²) in [7, 11) is 0. The Morgan fingerprint density at radius 1 is 1.35 bits per heavy atom. The van der Waals surface area contributed by atoms with E-state index in [4.69, 9.17) is 10.7 Å². The summed E-state index contributed by atoms with van der Waals surface area (Å²) in [5.41, 5.74) is 8.49. The van der Waals surface area contributed by atoms with Crippen LogP contribution in [-0.2, 0) is 12.8 Å². The van der Waals surface area contributed by atoms with Crippen LogP contribution in [0.5, 0.6) is 0 Å². The van der Waals surface area contributed by atoms with E-state index in [-0.39, 0.29) is 6.04 Å². The Labute approximate surface area is 105 Å². The topological polar surface area (TPSA) is 51.8 Å². The summed E-state index contributed by atoms with van der Waals surface area (Å²) in [5, 5.41) is 1.18.